The number of hydrogen-bond acceptors (Lipinski definition) is 3. The first-order chi connectivity index (χ1) is 12.3. The Balaban J connectivity index is 1.88. The Labute approximate surface area is 151 Å². The second-order valence-electron chi connectivity index (χ2n) is 5.79. The van der Waals surface area contributed by atoms with Crippen molar-refractivity contribution in [3.8, 4) is 0 Å². The number of anilines is 1. The summed E-state index contributed by atoms with van der Waals surface area (Å²) in [5, 5.41) is 2.69. The molecule has 0 radical (unpaired) electrons. The predicted octanol–water partition coefficient (Wildman–Crippen LogP) is 2.48. The zero-order valence-electron chi connectivity index (χ0n) is 14.3. The molecule has 26 heavy (non-hydrogen) atoms. The molecule has 5 nitrogen and oxygen atoms in total. The molecule has 140 valence electrons. The summed E-state index contributed by atoms with van der Waals surface area (Å²) in [6.07, 6.45) is 1.48. The fraction of sp³-hybridized carbons (Fsp3) is 0.278. The lowest BCUT2D eigenvalue weighted by Gasteiger charge is -2.22. The normalized spacial score (nSPS) is 11.2. The average molecular weight is 382 g/mol. The minimum atomic E-state index is -3.65. The summed E-state index contributed by atoms with van der Waals surface area (Å²) in [7, 11) is -3.65. The van der Waals surface area contributed by atoms with Crippen LogP contribution in [-0.4, -0.2) is 33.7 Å². The predicted molar refractivity (Wildman–Crippen MR) is 96.3 cm³/mol. The van der Waals surface area contributed by atoms with Crippen LogP contribution in [0.25, 0.3) is 0 Å². The van der Waals surface area contributed by atoms with Gasteiger partial charge < -0.3 is 5.32 Å². The summed E-state index contributed by atoms with van der Waals surface area (Å²) in [6, 6.07) is 11.2. The minimum Gasteiger partial charge on any atom is -0.356 e. The highest BCUT2D eigenvalue weighted by Gasteiger charge is 2.19. The highest BCUT2D eigenvalue weighted by Crippen LogP contribution is 2.18. The molecule has 2 aromatic rings. The molecule has 0 bridgehead atoms. The number of amides is 1. The largest absolute Gasteiger partial charge is 0.356 e. The third kappa shape index (κ3) is 6.11. The van der Waals surface area contributed by atoms with Crippen molar-refractivity contribution in [3.63, 3.8) is 0 Å². The van der Waals surface area contributed by atoms with Crippen molar-refractivity contribution in [2.45, 2.75) is 12.8 Å². The zero-order valence-corrected chi connectivity index (χ0v) is 15.1. The Hall–Kier alpha value is -2.48. The molecular weight excluding hydrogens is 362 g/mol. The van der Waals surface area contributed by atoms with E-state index in [0.717, 1.165) is 22.2 Å². The SMILES string of the molecule is CS(=O)(=O)N(CCC(=O)NCCc1ccc(F)cc1)c1cccc(F)c1. The second-order valence-corrected chi connectivity index (χ2v) is 7.70. The maximum absolute atomic E-state index is 13.3. The molecule has 0 heterocycles. The Morgan fingerprint density at radius 1 is 1.08 bits per heavy atom. The van der Waals surface area contributed by atoms with Gasteiger partial charge in [-0.15, -0.1) is 0 Å². The smallest absolute Gasteiger partial charge is 0.232 e. The van der Waals surface area contributed by atoms with Crippen LogP contribution in [0.1, 0.15) is 12.0 Å². The lowest BCUT2D eigenvalue weighted by Crippen LogP contribution is -2.35. The standard InChI is InChI=1S/C18H20F2N2O3S/c1-26(24,25)22(17-4-2-3-16(20)13-17)12-10-18(23)21-11-9-14-5-7-15(19)8-6-14/h2-8,13H,9-12H2,1H3,(H,21,23). The van der Waals surface area contributed by atoms with Crippen LogP contribution in [0.15, 0.2) is 48.5 Å². The third-order valence-electron chi connectivity index (χ3n) is 3.69. The van der Waals surface area contributed by atoms with Gasteiger partial charge in [0.1, 0.15) is 11.6 Å². The van der Waals surface area contributed by atoms with Crippen molar-refractivity contribution in [1.82, 2.24) is 5.32 Å². The molecule has 0 saturated heterocycles. The highest BCUT2D eigenvalue weighted by atomic mass is 32.2. The maximum atomic E-state index is 13.3. The molecule has 0 spiro atoms. The van der Waals surface area contributed by atoms with Gasteiger partial charge in [-0.25, -0.2) is 17.2 Å². The monoisotopic (exact) mass is 382 g/mol. The van der Waals surface area contributed by atoms with Gasteiger partial charge in [0.25, 0.3) is 0 Å². The summed E-state index contributed by atoms with van der Waals surface area (Å²) >= 11 is 0. The molecule has 0 aliphatic carbocycles. The molecule has 0 saturated carbocycles. The molecule has 2 rings (SSSR count). The first kappa shape index (κ1) is 19.8. The average Bonchev–Trinajstić information content (AvgIpc) is 2.56. The van der Waals surface area contributed by atoms with Crippen molar-refractivity contribution in [3.05, 3.63) is 65.7 Å². The topological polar surface area (TPSA) is 66.5 Å². The molecule has 0 unspecified atom stereocenters. The van der Waals surface area contributed by atoms with E-state index < -0.39 is 15.8 Å². The number of sulfonamides is 1. The van der Waals surface area contributed by atoms with Crippen LogP contribution >= 0.6 is 0 Å². The van der Waals surface area contributed by atoms with Gasteiger partial charge in [0, 0.05) is 19.5 Å². The summed E-state index contributed by atoms with van der Waals surface area (Å²) in [6.45, 7) is 0.258. The summed E-state index contributed by atoms with van der Waals surface area (Å²) in [4.78, 5) is 12.0. The second kappa shape index (κ2) is 8.75. The number of hydrogen-bond donors (Lipinski definition) is 1. The van der Waals surface area contributed by atoms with E-state index in [4.69, 9.17) is 0 Å². The van der Waals surface area contributed by atoms with Crippen molar-refractivity contribution in [1.29, 1.82) is 0 Å². The number of halogens is 2. The summed E-state index contributed by atoms with van der Waals surface area (Å²) < 4.78 is 51.0. The quantitative estimate of drug-likeness (QED) is 0.763. The molecule has 8 heteroatoms. The highest BCUT2D eigenvalue weighted by molar-refractivity contribution is 7.92. The van der Waals surface area contributed by atoms with Gasteiger partial charge in [0.05, 0.1) is 11.9 Å². The van der Waals surface area contributed by atoms with E-state index in [-0.39, 0.29) is 30.4 Å². The van der Waals surface area contributed by atoms with Gasteiger partial charge in [0.15, 0.2) is 0 Å². The lowest BCUT2D eigenvalue weighted by molar-refractivity contribution is -0.120. The molecular formula is C18H20F2N2O3S. The van der Waals surface area contributed by atoms with E-state index in [1.165, 1.54) is 30.3 Å². The fourth-order valence-corrected chi connectivity index (χ4v) is 3.33. The van der Waals surface area contributed by atoms with Crippen LogP contribution in [0.2, 0.25) is 0 Å². The van der Waals surface area contributed by atoms with Gasteiger partial charge >= 0.3 is 0 Å². The number of carbonyl (C=O) groups is 1. The van der Waals surface area contributed by atoms with Crippen LogP contribution in [0.4, 0.5) is 14.5 Å². The van der Waals surface area contributed by atoms with Crippen molar-refractivity contribution in [2.75, 3.05) is 23.7 Å². The molecule has 1 N–H and O–H groups in total. The van der Waals surface area contributed by atoms with Gasteiger partial charge in [-0.05, 0) is 42.3 Å². The Morgan fingerprint density at radius 3 is 2.38 bits per heavy atom. The number of rotatable bonds is 8. The van der Waals surface area contributed by atoms with Gasteiger partial charge in [-0.2, -0.15) is 0 Å². The Morgan fingerprint density at radius 2 is 1.77 bits per heavy atom. The van der Waals surface area contributed by atoms with E-state index in [0.29, 0.717) is 13.0 Å². The molecule has 0 aliphatic heterocycles. The van der Waals surface area contributed by atoms with Crippen LogP contribution < -0.4 is 9.62 Å². The van der Waals surface area contributed by atoms with Crippen LogP contribution in [0.3, 0.4) is 0 Å². The fourth-order valence-electron chi connectivity index (χ4n) is 2.41. The van der Waals surface area contributed by atoms with Gasteiger partial charge in [-0.1, -0.05) is 18.2 Å². The van der Waals surface area contributed by atoms with Crippen LogP contribution in [0, 0.1) is 11.6 Å². The van der Waals surface area contributed by atoms with Crippen molar-refractivity contribution in [2.24, 2.45) is 0 Å². The molecule has 0 aromatic heterocycles. The van der Waals surface area contributed by atoms with Crippen LogP contribution in [-0.2, 0) is 21.2 Å². The van der Waals surface area contributed by atoms with E-state index in [9.17, 15) is 22.0 Å². The molecule has 1 amide bonds. The maximum Gasteiger partial charge on any atom is 0.232 e. The summed E-state index contributed by atoms with van der Waals surface area (Å²) in [5.41, 5.74) is 1.05. The van der Waals surface area contributed by atoms with Crippen molar-refractivity contribution >= 4 is 21.6 Å². The zero-order chi connectivity index (χ0) is 19.2. The number of nitrogens with one attached hydrogen (secondary N) is 1. The third-order valence-corrected chi connectivity index (χ3v) is 4.88. The summed E-state index contributed by atoms with van der Waals surface area (Å²) in [5.74, 6) is -1.20. The Bertz CT molecular complexity index is 855. The number of nitrogens with zero attached hydrogens (tertiary/aromatic N) is 1. The van der Waals surface area contributed by atoms with Gasteiger partial charge in [-0.3, -0.25) is 9.10 Å². The van der Waals surface area contributed by atoms with Crippen LogP contribution in [0.5, 0.6) is 0 Å². The van der Waals surface area contributed by atoms with E-state index >= 15 is 0 Å². The first-order valence-electron chi connectivity index (χ1n) is 8.00. The molecule has 0 atom stereocenters. The molecule has 2 aromatic carbocycles. The van der Waals surface area contributed by atoms with E-state index in [1.54, 1.807) is 12.1 Å². The van der Waals surface area contributed by atoms with Gasteiger partial charge in [0.2, 0.25) is 15.9 Å². The molecule has 0 fully saturated rings. The Kier molecular flexibility index (Phi) is 6.68. The van der Waals surface area contributed by atoms with E-state index in [1.807, 2.05) is 0 Å². The number of benzene rings is 2. The first-order valence-corrected chi connectivity index (χ1v) is 9.85. The van der Waals surface area contributed by atoms with E-state index in [2.05, 4.69) is 5.32 Å². The number of carbonyl (C=O) groups excluding carboxylic acids is 1. The molecule has 0 aliphatic rings. The minimum absolute atomic E-state index is 0.0625. The lowest BCUT2D eigenvalue weighted by atomic mass is 10.1. The van der Waals surface area contributed by atoms with Crippen molar-refractivity contribution < 1.29 is 22.0 Å².